The molecule has 1 unspecified atom stereocenters. The summed E-state index contributed by atoms with van der Waals surface area (Å²) in [4.78, 5) is 30.0. The van der Waals surface area contributed by atoms with E-state index >= 15 is 0 Å². The number of amides is 1. The first-order valence-electron chi connectivity index (χ1n) is 6.72. The molecule has 0 aromatic carbocycles. The van der Waals surface area contributed by atoms with Crippen LogP contribution in [0.4, 0.5) is 0 Å². The van der Waals surface area contributed by atoms with Crippen molar-refractivity contribution in [2.45, 2.75) is 25.3 Å². The molecule has 1 aliphatic heterocycles. The molecule has 0 aliphatic carbocycles. The molecule has 1 aromatic heterocycles. The minimum absolute atomic E-state index is 0.00987. The Kier molecular flexibility index (Phi) is 4.37. The van der Waals surface area contributed by atoms with Crippen LogP contribution in [0.2, 0.25) is 0 Å². The van der Waals surface area contributed by atoms with Crippen molar-refractivity contribution in [2.75, 3.05) is 27.2 Å². The van der Waals surface area contributed by atoms with Crippen molar-refractivity contribution >= 4 is 5.91 Å². The Morgan fingerprint density at radius 1 is 1.32 bits per heavy atom. The van der Waals surface area contributed by atoms with Crippen LogP contribution in [0.25, 0.3) is 0 Å². The molecular formula is C14H21N3O2. The number of hydrogen-bond acceptors (Lipinski definition) is 3. The summed E-state index contributed by atoms with van der Waals surface area (Å²) >= 11 is 0. The second-order valence-corrected chi connectivity index (χ2v) is 5.28. The first-order valence-corrected chi connectivity index (χ1v) is 6.72. The number of nitrogens with zero attached hydrogens (tertiary/aromatic N) is 2. The predicted octanol–water partition coefficient (Wildman–Crippen LogP) is 0.931. The summed E-state index contributed by atoms with van der Waals surface area (Å²) in [6.07, 6.45) is 4.65. The zero-order valence-corrected chi connectivity index (χ0v) is 11.6. The van der Waals surface area contributed by atoms with Gasteiger partial charge in [0.15, 0.2) is 0 Å². The fourth-order valence-electron chi connectivity index (χ4n) is 2.52. The molecule has 1 aliphatic rings. The van der Waals surface area contributed by atoms with Gasteiger partial charge in [-0.2, -0.15) is 0 Å². The molecule has 2 heterocycles. The van der Waals surface area contributed by atoms with Crippen LogP contribution in [0.15, 0.2) is 23.1 Å². The van der Waals surface area contributed by atoms with Gasteiger partial charge in [0.2, 0.25) is 5.56 Å². The summed E-state index contributed by atoms with van der Waals surface area (Å²) in [6.45, 7) is 1.57. The number of hydrogen-bond donors (Lipinski definition) is 1. The van der Waals surface area contributed by atoms with Gasteiger partial charge in [-0.3, -0.25) is 9.59 Å². The minimum Gasteiger partial charge on any atom is -0.339 e. The van der Waals surface area contributed by atoms with E-state index in [1.165, 1.54) is 12.3 Å². The molecule has 1 saturated heterocycles. The summed E-state index contributed by atoms with van der Waals surface area (Å²) in [5.74, 6) is 0.00987. The van der Waals surface area contributed by atoms with E-state index in [4.69, 9.17) is 0 Å². The lowest BCUT2D eigenvalue weighted by Gasteiger charge is -2.23. The quantitative estimate of drug-likeness (QED) is 0.863. The van der Waals surface area contributed by atoms with Gasteiger partial charge in [-0.15, -0.1) is 0 Å². The number of likely N-dealkylation sites (tertiary alicyclic amines) is 1. The van der Waals surface area contributed by atoms with Crippen LogP contribution in [0.3, 0.4) is 0 Å². The Morgan fingerprint density at radius 2 is 2.11 bits per heavy atom. The molecule has 0 bridgehead atoms. The van der Waals surface area contributed by atoms with Crippen molar-refractivity contribution in [3.05, 3.63) is 34.2 Å². The SMILES string of the molecule is CN(C)C1CCCN(C(=O)c2ccc(=O)[nH]c2)CC1. The van der Waals surface area contributed by atoms with Crippen LogP contribution in [0, 0.1) is 0 Å². The van der Waals surface area contributed by atoms with Gasteiger partial charge in [0.05, 0.1) is 5.56 Å². The molecular weight excluding hydrogens is 242 g/mol. The molecule has 1 amide bonds. The van der Waals surface area contributed by atoms with Gasteiger partial charge in [0, 0.05) is 31.4 Å². The number of pyridine rings is 1. The average molecular weight is 263 g/mol. The first kappa shape index (κ1) is 13.8. The first-order chi connectivity index (χ1) is 9.08. The predicted molar refractivity (Wildman–Crippen MR) is 74.3 cm³/mol. The molecule has 2 rings (SSSR count). The standard InChI is InChI=1S/C14H21N3O2/c1-16(2)12-4-3-8-17(9-7-12)14(19)11-5-6-13(18)15-10-11/h5-6,10,12H,3-4,7-9H2,1-2H3,(H,15,18). The van der Waals surface area contributed by atoms with Gasteiger partial charge in [-0.25, -0.2) is 0 Å². The summed E-state index contributed by atoms with van der Waals surface area (Å²) in [7, 11) is 4.17. The van der Waals surface area contributed by atoms with Gasteiger partial charge in [-0.1, -0.05) is 0 Å². The largest absolute Gasteiger partial charge is 0.339 e. The number of aromatic nitrogens is 1. The zero-order valence-electron chi connectivity index (χ0n) is 11.6. The van der Waals surface area contributed by atoms with Crippen LogP contribution in [0.1, 0.15) is 29.6 Å². The fraction of sp³-hybridized carbons (Fsp3) is 0.571. The summed E-state index contributed by atoms with van der Waals surface area (Å²) in [5.41, 5.74) is 0.378. The normalized spacial score (nSPS) is 20.4. The Hall–Kier alpha value is -1.62. The van der Waals surface area contributed by atoms with Gasteiger partial charge in [0.1, 0.15) is 0 Å². The van der Waals surface area contributed by atoms with Crippen molar-refractivity contribution in [2.24, 2.45) is 0 Å². The van der Waals surface area contributed by atoms with E-state index in [0.29, 0.717) is 11.6 Å². The average Bonchev–Trinajstić information content (AvgIpc) is 2.64. The highest BCUT2D eigenvalue weighted by Gasteiger charge is 2.22. The summed E-state index contributed by atoms with van der Waals surface area (Å²) < 4.78 is 0. The molecule has 104 valence electrons. The number of carbonyl (C=O) groups is 1. The molecule has 19 heavy (non-hydrogen) atoms. The monoisotopic (exact) mass is 263 g/mol. The van der Waals surface area contributed by atoms with Crippen molar-refractivity contribution < 1.29 is 4.79 Å². The molecule has 5 heteroatoms. The Morgan fingerprint density at radius 3 is 2.74 bits per heavy atom. The fourth-order valence-corrected chi connectivity index (χ4v) is 2.52. The molecule has 1 aromatic rings. The lowest BCUT2D eigenvalue weighted by atomic mass is 10.1. The second-order valence-electron chi connectivity index (χ2n) is 5.28. The van der Waals surface area contributed by atoms with E-state index in [9.17, 15) is 9.59 Å². The third-order valence-corrected chi connectivity index (χ3v) is 3.75. The van der Waals surface area contributed by atoms with Gasteiger partial charge >= 0.3 is 0 Å². The second kappa shape index (κ2) is 6.02. The van der Waals surface area contributed by atoms with Crippen LogP contribution in [-0.4, -0.2) is 53.9 Å². The Bertz CT molecular complexity index is 475. The summed E-state index contributed by atoms with van der Waals surface area (Å²) in [5, 5.41) is 0. The van der Waals surface area contributed by atoms with E-state index < -0.39 is 0 Å². The molecule has 5 nitrogen and oxygen atoms in total. The van der Waals surface area contributed by atoms with Gasteiger partial charge in [0.25, 0.3) is 5.91 Å². The number of rotatable bonds is 2. The topological polar surface area (TPSA) is 56.4 Å². The molecule has 0 radical (unpaired) electrons. The minimum atomic E-state index is -0.180. The van der Waals surface area contributed by atoms with E-state index in [1.807, 2.05) is 4.90 Å². The summed E-state index contributed by atoms with van der Waals surface area (Å²) in [6, 6.07) is 3.54. The maximum atomic E-state index is 12.3. The van der Waals surface area contributed by atoms with Crippen LogP contribution >= 0.6 is 0 Å². The smallest absolute Gasteiger partial charge is 0.255 e. The van der Waals surface area contributed by atoms with E-state index in [-0.39, 0.29) is 11.5 Å². The number of nitrogens with one attached hydrogen (secondary N) is 1. The maximum absolute atomic E-state index is 12.3. The van der Waals surface area contributed by atoms with E-state index in [0.717, 1.165) is 32.4 Å². The van der Waals surface area contributed by atoms with Gasteiger partial charge < -0.3 is 14.8 Å². The van der Waals surface area contributed by atoms with Crippen molar-refractivity contribution in [3.63, 3.8) is 0 Å². The van der Waals surface area contributed by atoms with Crippen molar-refractivity contribution in [1.82, 2.24) is 14.8 Å². The lowest BCUT2D eigenvalue weighted by molar-refractivity contribution is 0.0758. The van der Waals surface area contributed by atoms with Crippen LogP contribution in [0.5, 0.6) is 0 Å². The molecule has 0 spiro atoms. The Balaban J connectivity index is 2.04. The van der Waals surface area contributed by atoms with Crippen LogP contribution in [-0.2, 0) is 0 Å². The number of H-pyrrole nitrogens is 1. The molecule has 1 atom stereocenters. The molecule has 1 fully saturated rings. The van der Waals surface area contributed by atoms with Crippen molar-refractivity contribution in [1.29, 1.82) is 0 Å². The van der Waals surface area contributed by atoms with Gasteiger partial charge in [-0.05, 0) is 39.4 Å². The molecule has 1 N–H and O–H groups in total. The highest BCUT2D eigenvalue weighted by molar-refractivity contribution is 5.93. The van der Waals surface area contributed by atoms with E-state index in [2.05, 4.69) is 24.0 Å². The highest BCUT2D eigenvalue weighted by atomic mass is 16.2. The highest BCUT2D eigenvalue weighted by Crippen LogP contribution is 2.16. The maximum Gasteiger partial charge on any atom is 0.255 e. The molecule has 0 saturated carbocycles. The third-order valence-electron chi connectivity index (χ3n) is 3.75. The number of aromatic amines is 1. The van der Waals surface area contributed by atoms with Crippen LogP contribution < -0.4 is 5.56 Å². The Labute approximate surface area is 113 Å². The lowest BCUT2D eigenvalue weighted by Crippen LogP contribution is -2.34. The number of carbonyl (C=O) groups excluding carboxylic acids is 1. The third kappa shape index (κ3) is 3.44. The van der Waals surface area contributed by atoms with Crippen molar-refractivity contribution in [3.8, 4) is 0 Å². The zero-order chi connectivity index (χ0) is 13.8. The van der Waals surface area contributed by atoms with E-state index in [1.54, 1.807) is 6.07 Å².